The van der Waals surface area contributed by atoms with Crippen LogP contribution in [0.4, 0.5) is 13.2 Å². The second-order valence-corrected chi connectivity index (χ2v) is 3.35. The summed E-state index contributed by atoms with van der Waals surface area (Å²) in [6.45, 7) is 1.54. The zero-order chi connectivity index (χ0) is 11.6. The van der Waals surface area contributed by atoms with Gasteiger partial charge in [0.1, 0.15) is 0 Å². The number of aryl methyl sites for hydroxylation is 1. The van der Waals surface area contributed by atoms with Crippen molar-refractivity contribution in [2.24, 2.45) is 5.73 Å². The molecule has 82 valence electrons. The highest BCUT2D eigenvalue weighted by Crippen LogP contribution is 2.30. The van der Waals surface area contributed by atoms with Gasteiger partial charge in [-0.3, -0.25) is 4.79 Å². The average molecular weight is 217 g/mol. The molecule has 0 fully saturated rings. The molecule has 0 bridgehead atoms. The molecule has 0 radical (unpaired) electrons. The molecule has 1 aromatic carbocycles. The van der Waals surface area contributed by atoms with Gasteiger partial charge in [0.2, 0.25) is 5.91 Å². The van der Waals surface area contributed by atoms with Crippen molar-refractivity contribution in [2.45, 2.75) is 19.5 Å². The molecule has 0 saturated carbocycles. The van der Waals surface area contributed by atoms with E-state index < -0.39 is 17.6 Å². The number of amides is 1. The van der Waals surface area contributed by atoms with E-state index >= 15 is 0 Å². The molecule has 1 amide bonds. The summed E-state index contributed by atoms with van der Waals surface area (Å²) in [6.07, 6.45) is -4.57. The number of hydrogen-bond acceptors (Lipinski definition) is 1. The summed E-state index contributed by atoms with van der Waals surface area (Å²) in [5.74, 6) is -0.645. The molecule has 0 unspecified atom stereocenters. The molecule has 0 saturated heterocycles. The molecule has 15 heavy (non-hydrogen) atoms. The topological polar surface area (TPSA) is 43.1 Å². The lowest BCUT2D eigenvalue weighted by atomic mass is 10.0. The summed E-state index contributed by atoms with van der Waals surface area (Å²) in [6, 6.07) is 3.49. The maximum Gasteiger partial charge on any atom is 0.416 e. The number of halogens is 3. The number of benzene rings is 1. The minimum atomic E-state index is -4.39. The number of hydrogen-bond donors (Lipinski definition) is 1. The fourth-order valence-electron chi connectivity index (χ4n) is 1.33. The van der Waals surface area contributed by atoms with E-state index in [2.05, 4.69) is 0 Å². The molecule has 0 heterocycles. The molecular formula is C10H10F3NO. The van der Waals surface area contributed by atoms with Crippen molar-refractivity contribution in [1.82, 2.24) is 0 Å². The largest absolute Gasteiger partial charge is 0.416 e. The predicted octanol–water partition coefficient (Wildman–Crippen LogP) is 2.04. The van der Waals surface area contributed by atoms with Crippen LogP contribution in [0.5, 0.6) is 0 Å². The van der Waals surface area contributed by atoms with Gasteiger partial charge in [-0.05, 0) is 24.6 Å². The molecule has 2 nitrogen and oxygen atoms in total. The third kappa shape index (κ3) is 3.27. The minimum absolute atomic E-state index is 0.176. The van der Waals surface area contributed by atoms with Gasteiger partial charge >= 0.3 is 6.18 Å². The van der Waals surface area contributed by atoms with E-state index in [-0.39, 0.29) is 12.0 Å². The van der Waals surface area contributed by atoms with Crippen LogP contribution in [0.3, 0.4) is 0 Å². The van der Waals surface area contributed by atoms with E-state index in [4.69, 9.17) is 5.73 Å². The Morgan fingerprint density at radius 2 is 1.93 bits per heavy atom. The van der Waals surface area contributed by atoms with Gasteiger partial charge in [-0.2, -0.15) is 13.2 Å². The zero-order valence-corrected chi connectivity index (χ0v) is 8.06. The summed E-state index contributed by atoms with van der Waals surface area (Å²) in [5.41, 5.74) is 4.91. The van der Waals surface area contributed by atoms with Crippen molar-refractivity contribution >= 4 is 5.91 Å². The highest BCUT2D eigenvalue weighted by molar-refractivity contribution is 5.76. The first kappa shape index (κ1) is 11.6. The van der Waals surface area contributed by atoms with Gasteiger partial charge in [0.05, 0.1) is 12.0 Å². The second-order valence-electron chi connectivity index (χ2n) is 3.35. The molecule has 2 N–H and O–H groups in total. The van der Waals surface area contributed by atoms with Crippen LogP contribution in [0.25, 0.3) is 0 Å². The highest BCUT2D eigenvalue weighted by Gasteiger charge is 2.30. The second kappa shape index (κ2) is 3.92. The lowest BCUT2D eigenvalue weighted by molar-refractivity contribution is -0.137. The van der Waals surface area contributed by atoms with Crippen LogP contribution in [-0.4, -0.2) is 5.91 Å². The van der Waals surface area contributed by atoms with E-state index in [1.54, 1.807) is 6.92 Å². The summed E-state index contributed by atoms with van der Waals surface area (Å²) in [5, 5.41) is 0. The number of alkyl halides is 3. The van der Waals surface area contributed by atoms with Crippen LogP contribution in [-0.2, 0) is 17.4 Å². The Balaban J connectivity index is 3.11. The van der Waals surface area contributed by atoms with Gasteiger partial charge < -0.3 is 5.73 Å². The maximum absolute atomic E-state index is 12.4. The van der Waals surface area contributed by atoms with E-state index in [0.717, 1.165) is 12.1 Å². The van der Waals surface area contributed by atoms with Gasteiger partial charge in [0.25, 0.3) is 0 Å². The Morgan fingerprint density at radius 3 is 2.40 bits per heavy atom. The Labute approximate surface area is 84.9 Å². The summed E-state index contributed by atoms with van der Waals surface area (Å²) < 4.78 is 37.1. The number of carbonyl (C=O) groups is 1. The van der Waals surface area contributed by atoms with Crippen LogP contribution in [0, 0.1) is 6.92 Å². The predicted molar refractivity (Wildman–Crippen MR) is 49.1 cm³/mol. The van der Waals surface area contributed by atoms with Crippen LogP contribution >= 0.6 is 0 Å². The third-order valence-corrected chi connectivity index (χ3v) is 1.84. The van der Waals surface area contributed by atoms with E-state index in [0.29, 0.717) is 5.56 Å². The van der Waals surface area contributed by atoms with Crippen molar-refractivity contribution < 1.29 is 18.0 Å². The molecule has 0 aliphatic rings. The van der Waals surface area contributed by atoms with Gasteiger partial charge in [-0.1, -0.05) is 11.6 Å². The van der Waals surface area contributed by atoms with Gasteiger partial charge in [0, 0.05) is 0 Å². The fourth-order valence-corrected chi connectivity index (χ4v) is 1.33. The first-order valence-electron chi connectivity index (χ1n) is 4.25. The third-order valence-electron chi connectivity index (χ3n) is 1.84. The van der Waals surface area contributed by atoms with Crippen molar-refractivity contribution in [2.75, 3.05) is 0 Å². The van der Waals surface area contributed by atoms with Crippen LogP contribution < -0.4 is 5.73 Å². The first-order valence-corrected chi connectivity index (χ1v) is 4.25. The normalized spacial score (nSPS) is 11.5. The molecule has 0 aliphatic heterocycles. The Morgan fingerprint density at radius 1 is 1.33 bits per heavy atom. The summed E-state index contributed by atoms with van der Waals surface area (Å²) in [4.78, 5) is 10.6. The van der Waals surface area contributed by atoms with Crippen LogP contribution in [0.1, 0.15) is 16.7 Å². The van der Waals surface area contributed by atoms with Crippen molar-refractivity contribution in [3.8, 4) is 0 Å². The van der Waals surface area contributed by atoms with E-state index in [9.17, 15) is 18.0 Å². The SMILES string of the molecule is Cc1cc(CC(N)=O)cc(C(F)(F)F)c1. The Hall–Kier alpha value is -1.52. The highest BCUT2D eigenvalue weighted by atomic mass is 19.4. The van der Waals surface area contributed by atoms with E-state index in [1.807, 2.05) is 0 Å². The number of rotatable bonds is 2. The zero-order valence-electron chi connectivity index (χ0n) is 8.06. The Bertz CT molecular complexity index is 385. The smallest absolute Gasteiger partial charge is 0.369 e. The van der Waals surface area contributed by atoms with E-state index in [1.165, 1.54) is 6.07 Å². The first-order chi connectivity index (χ1) is 6.79. The Kier molecular flexibility index (Phi) is 3.02. The summed E-state index contributed by atoms with van der Waals surface area (Å²) in [7, 11) is 0. The summed E-state index contributed by atoms with van der Waals surface area (Å²) >= 11 is 0. The molecule has 1 aromatic rings. The number of nitrogens with two attached hydrogens (primary N) is 1. The standard InChI is InChI=1S/C10H10F3NO/c1-6-2-7(5-9(14)15)4-8(3-6)10(11,12)13/h2-4H,5H2,1H3,(H2,14,15). The lowest BCUT2D eigenvalue weighted by Gasteiger charge is -2.09. The number of carbonyl (C=O) groups excluding carboxylic acids is 1. The number of primary amides is 1. The molecule has 0 atom stereocenters. The van der Waals surface area contributed by atoms with Gasteiger partial charge in [-0.25, -0.2) is 0 Å². The maximum atomic E-state index is 12.4. The van der Waals surface area contributed by atoms with Crippen LogP contribution in [0.2, 0.25) is 0 Å². The van der Waals surface area contributed by atoms with Gasteiger partial charge in [-0.15, -0.1) is 0 Å². The lowest BCUT2D eigenvalue weighted by Crippen LogP contribution is -2.14. The molecule has 0 spiro atoms. The monoisotopic (exact) mass is 217 g/mol. The molecule has 5 heteroatoms. The average Bonchev–Trinajstić information content (AvgIpc) is 1.99. The van der Waals surface area contributed by atoms with Gasteiger partial charge in [0.15, 0.2) is 0 Å². The van der Waals surface area contributed by atoms with Crippen molar-refractivity contribution in [1.29, 1.82) is 0 Å². The molecule has 0 aliphatic carbocycles. The van der Waals surface area contributed by atoms with Crippen molar-refractivity contribution in [3.63, 3.8) is 0 Å². The molecular weight excluding hydrogens is 207 g/mol. The van der Waals surface area contributed by atoms with Crippen molar-refractivity contribution in [3.05, 3.63) is 34.9 Å². The molecule has 0 aromatic heterocycles. The quantitative estimate of drug-likeness (QED) is 0.809. The minimum Gasteiger partial charge on any atom is -0.369 e. The van der Waals surface area contributed by atoms with Crippen LogP contribution in [0.15, 0.2) is 18.2 Å². The molecule has 1 rings (SSSR count). The fraction of sp³-hybridized carbons (Fsp3) is 0.300.